The molecular weight excluding hydrogens is 242 g/mol. The van der Waals surface area contributed by atoms with E-state index in [0.717, 1.165) is 24.6 Å². The lowest BCUT2D eigenvalue weighted by atomic mass is 9.88. The second-order valence-corrected chi connectivity index (χ2v) is 5.71. The molecule has 1 heteroatoms. The van der Waals surface area contributed by atoms with Gasteiger partial charge in [0.1, 0.15) is 0 Å². The zero-order chi connectivity index (χ0) is 14.8. The van der Waals surface area contributed by atoms with E-state index in [1.807, 2.05) is 0 Å². The lowest BCUT2D eigenvalue weighted by molar-refractivity contribution is 0.438. The van der Waals surface area contributed by atoms with Gasteiger partial charge in [-0.2, -0.15) is 0 Å². The van der Waals surface area contributed by atoms with Gasteiger partial charge in [-0.1, -0.05) is 77.3 Å². The summed E-state index contributed by atoms with van der Waals surface area (Å²) in [7, 11) is 0. The van der Waals surface area contributed by atoms with E-state index < -0.39 is 0 Å². The second kappa shape index (κ2) is 9.63. The molecule has 0 saturated heterocycles. The van der Waals surface area contributed by atoms with Crippen LogP contribution in [0.2, 0.25) is 0 Å². The van der Waals surface area contributed by atoms with Gasteiger partial charge >= 0.3 is 0 Å². The minimum atomic E-state index is 0.810. The Morgan fingerprint density at radius 3 is 2.30 bits per heavy atom. The third-order valence-electron chi connectivity index (χ3n) is 3.83. The first kappa shape index (κ1) is 16.8. The smallest absolute Gasteiger partial charge is 0.0343 e. The molecule has 0 bridgehead atoms. The van der Waals surface area contributed by atoms with E-state index in [1.165, 1.54) is 43.2 Å². The predicted octanol–water partition coefficient (Wildman–Crippen LogP) is 5.42. The van der Waals surface area contributed by atoms with Crippen LogP contribution < -0.4 is 5.32 Å². The SMILES string of the molecule is C=C(NCCC)c1ccccc1CC(CCC)CCC. The highest BCUT2D eigenvalue weighted by molar-refractivity contribution is 5.64. The summed E-state index contributed by atoms with van der Waals surface area (Å²) in [6.07, 6.45) is 7.54. The Hall–Kier alpha value is -1.24. The van der Waals surface area contributed by atoms with E-state index in [0.29, 0.717) is 0 Å². The van der Waals surface area contributed by atoms with Crippen LogP contribution in [0.3, 0.4) is 0 Å². The van der Waals surface area contributed by atoms with E-state index in [9.17, 15) is 0 Å². The zero-order valence-corrected chi connectivity index (χ0v) is 13.5. The highest BCUT2D eigenvalue weighted by Crippen LogP contribution is 2.24. The van der Waals surface area contributed by atoms with Crippen molar-refractivity contribution in [1.29, 1.82) is 0 Å². The Kier molecular flexibility index (Phi) is 8.10. The van der Waals surface area contributed by atoms with Gasteiger partial charge in [0.2, 0.25) is 0 Å². The number of hydrogen-bond donors (Lipinski definition) is 1. The van der Waals surface area contributed by atoms with Crippen molar-refractivity contribution in [3.63, 3.8) is 0 Å². The van der Waals surface area contributed by atoms with Gasteiger partial charge in [0, 0.05) is 17.8 Å². The summed E-state index contributed by atoms with van der Waals surface area (Å²) < 4.78 is 0. The average Bonchev–Trinajstić information content (AvgIpc) is 2.46. The molecule has 1 aromatic carbocycles. The molecule has 0 aromatic heterocycles. The Bertz CT molecular complexity index is 389. The van der Waals surface area contributed by atoms with Crippen LogP contribution in [-0.2, 0) is 6.42 Å². The van der Waals surface area contributed by atoms with Gasteiger partial charge < -0.3 is 5.32 Å². The summed E-state index contributed by atoms with van der Waals surface area (Å²) in [6, 6.07) is 8.74. The highest BCUT2D eigenvalue weighted by atomic mass is 14.9. The maximum Gasteiger partial charge on any atom is 0.0343 e. The molecule has 0 spiro atoms. The van der Waals surface area contributed by atoms with Crippen LogP contribution in [0.4, 0.5) is 0 Å². The van der Waals surface area contributed by atoms with Gasteiger partial charge in [-0.15, -0.1) is 0 Å². The summed E-state index contributed by atoms with van der Waals surface area (Å²) in [4.78, 5) is 0. The van der Waals surface area contributed by atoms with Crippen LogP contribution in [-0.4, -0.2) is 6.54 Å². The van der Waals surface area contributed by atoms with Gasteiger partial charge in [-0.25, -0.2) is 0 Å². The first-order valence-electron chi connectivity index (χ1n) is 8.23. The Balaban J connectivity index is 2.80. The summed E-state index contributed by atoms with van der Waals surface area (Å²) in [5, 5.41) is 3.43. The second-order valence-electron chi connectivity index (χ2n) is 5.71. The van der Waals surface area contributed by atoms with E-state index in [2.05, 4.69) is 56.9 Å². The monoisotopic (exact) mass is 273 g/mol. The largest absolute Gasteiger partial charge is 0.385 e. The van der Waals surface area contributed by atoms with Crippen LogP contribution in [0.5, 0.6) is 0 Å². The molecule has 1 aromatic rings. The van der Waals surface area contributed by atoms with Crippen molar-refractivity contribution in [2.24, 2.45) is 5.92 Å². The van der Waals surface area contributed by atoms with Crippen molar-refractivity contribution in [2.75, 3.05) is 6.54 Å². The van der Waals surface area contributed by atoms with Gasteiger partial charge in [-0.3, -0.25) is 0 Å². The minimum absolute atomic E-state index is 0.810. The van der Waals surface area contributed by atoms with Gasteiger partial charge in [0.25, 0.3) is 0 Å². The normalized spacial score (nSPS) is 10.8. The Morgan fingerprint density at radius 2 is 1.70 bits per heavy atom. The van der Waals surface area contributed by atoms with Crippen molar-refractivity contribution in [2.45, 2.75) is 59.3 Å². The highest BCUT2D eigenvalue weighted by Gasteiger charge is 2.12. The summed E-state index contributed by atoms with van der Waals surface area (Å²) in [5.74, 6) is 0.810. The van der Waals surface area contributed by atoms with Crippen molar-refractivity contribution in [1.82, 2.24) is 5.32 Å². The van der Waals surface area contributed by atoms with E-state index in [-0.39, 0.29) is 0 Å². The molecule has 0 fully saturated rings. The van der Waals surface area contributed by atoms with Gasteiger partial charge in [0.15, 0.2) is 0 Å². The molecule has 0 aliphatic heterocycles. The van der Waals surface area contributed by atoms with Crippen molar-refractivity contribution >= 4 is 5.70 Å². The molecule has 0 aliphatic carbocycles. The topological polar surface area (TPSA) is 12.0 Å². The maximum atomic E-state index is 4.21. The van der Waals surface area contributed by atoms with Crippen molar-refractivity contribution < 1.29 is 0 Å². The first-order chi connectivity index (χ1) is 9.72. The maximum absolute atomic E-state index is 4.21. The molecule has 0 saturated carbocycles. The van der Waals surface area contributed by atoms with E-state index >= 15 is 0 Å². The van der Waals surface area contributed by atoms with E-state index in [1.54, 1.807) is 0 Å². The summed E-state index contributed by atoms with van der Waals surface area (Å²) in [6.45, 7) is 12.0. The molecule has 1 nitrogen and oxygen atoms in total. The van der Waals surface area contributed by atoms with Crippen molar-refractivity contribution in [3.8, 4) is 0 Å². The first-order valence-corrected chi connectivity index (χ1v) is 8.23. The van der Waals surface area contributed by atoms with Crippen LogP contribution in [0.1, 0.15) is 64.0 Å². The molecule has 0 aliphatic rings. The molecule has 0 amide bonds. The van der Waals surface area contributed by atoms with Crippen LogP contribution in [0, 0.1) is 5.92 Å². The quantitative estimate of drug-likeness (QED) is 0.600. The molecule has 0 unspecified atom stereocenters. The molecule has 1 N–H and O–H groups in total. The van der Waals surface area contributed by atoms with Crippen LogP contribution in [0.15, 0.2) is 30.8 Å². The molecule has 112 valence electrons. The van der Waals surface area contributed by atoms with Crippen molar-refractivity contribution in [3.05, 3.63) is 42.0 Å². The fraction of sp³-hybridized carbons (Fsp3) is 0.579. The number of rotatable bonds is 10. The summed E-state index contributed by atoms with van der Waals surface area (Å²) >= 11 is 0. The molecule has 20 heavy (non-hydrogen) atoms. The van der Waals surface area contributed by atoms with Gasteiger partial charge in [-0.05, 0) is 24.3 Å². The molecule has 0 atom stereocenters. The van der Waals surface area contributed by atoms with Crippen LogP contribution >= 0.6 is 0 Å². The lowest BCUT2D eigenvalue weighted by Crippen LogP contribution is -2.14. The fourth-order valence-corrected chi connectivity index (χ4v) is 2.84. The lowest BCUT2D eigenvalue weighted by Gasteiger charge is -2.19. The third-order valence-corrected chi connectivity index (χ3v) is 3.83. The van der Waals surface area contributed by atoms with Crippen LogP contribution in [0.25, 0.3) is 5.70 Å². The standard InChI is InChI=1S/C19H31N/c1-5-10-17(11-6-2)15-18-12-8-9-13-19(18)16(4)20-14-7-3/h8-9,12-13,17,20H,4-7,10-11,14-15H2,1-3H3. The Labute approximate surface area is 125 Å². The number of nitrogens with one attached hydrogen (secondary N) is 1. The average molecular weight is 273 g/mol. The third kappa shape index (κ3) is 5.40. The number of hydrogen-bond acceptors (Lipinski definition) is 1. The molecule has 0 heterocycles. The minimum Gasteiger partial charge on any atom is -0.385 e. The van der Waals surface area contributed by atoms with Gasteiger partial charge in [0.05, 0.1) is 0 Å². The van der Waals surface area contributed by atoms with E-state index in [4.69, 9.17) is 0 Å². The molecule has 0 radical (unpaired) electrons. The molecule has 1 rings (SSSR count). The fourth-order valence-electron chi connectivity index (χ4n) is 2.84. The number of benzene rings is 1. The predicted molar refractivity (Wildman–Crippen MR) is 90.8 cm³/mol. The molecular formula is C19H31N. The Morgan fingerprint density at radius 1 is 1.05 bits per heavy atom. The zero-order valence-electron chi connectivity index (χ0n) is 13.5. The summed E-state index contributed by atoms with van der Waals surface area (Å²) in [5.41, 5.74) is 3.83.